The number of carbonyl (C=O) groups is 3. The van der Waals surface area contributed by atoms with Gasteiger partial charge < -0.3 is 14.5 Å². The molecule has 9 heteroatoms. The Labute approximate surface area is 182 Å². The fraction of sp³-hybridized carbons (Fsp3) is 0.0909. The van der Waals surface area contributed by atoms with Crippen LogP contribution in [0.2, 0.25) is 0 Å². The molecular weight excluding hydrogens is 418 g/mol. The maximum atomic E-state index is 12.5. The van der Waals surface area contributed by atoms with Crippen LogP contribution in [-0.4, -0.2) is 24.5 Å². The lowest BCUT2D eigenvalue weighted by Gasteiger charge is -2.10. The van der Waals surface area contributed by atoms with Crippen molar-refractivity contribution in [1.29, 1.82) is 5.26 Å². The second kappa shape index (κ2) is 10.7. The molecule has 156 valence electrons. The molecule has 3 aromatic rings. The molecule has 0 aliphatic rings. The predicted octanol–water partition coefficient (Wildman–Crippen LogP) is 3.49. The maximum Gasteiger partial charge on any atom is 0.339 e. The number of hydrogen-bond donors (Lipinski definition) is 2. The van der Waals surface area contributed by atoms with Crippen molar-refractivity contribution in [3.63, 3.8) is 0 Å². The number of amides is 3. The summed E-state index contributed by atoms with van der Waals surface area (Å²) in [6.45, 7) is -0.512. The molecule has 0 saturated heterocycles. The van der Waals surface area contributed by atoms with Gasteiger partial charge in [0.25, 0.3) is 5.91 Å². The molecule has 0 radical (unpaired) electrons. The number of furan rings is 1. The van der Waals surface area contributed by atoms with E-state index >= 15 is 0 Å². The molecule has 0 fully saturated rings. The molecule has 0 atom stereocenters. The molecule has 8 nitrogen and oxygen atoms in total. The number of carbonyl (C=O) groups excluding carboxylic acids is 3. The number of nitriles is 1. The molecule has 0 bridgehead atoms. The van der Waals surface area contributed by atoms with Gasteiger partial charge in [-0.3, -0.25) is 10.1 Å². The molecular formula is C22H17N3O5S. The SMILES string of the molecule is N#Cc1ccccc1Sc1ccccc1C(=O)OCC(=O)NC(=O)NCc1ccco1. The van der Waals surface area contributed by atoms with Crippen LogP contribution in [0.4, 0.5) is 4.79 Å². The van der Waals surface area contributed by atoms with Gasteiger partial charge in [0.1, 0.15) is 11.8 Å². The Bertz CT molecular complexity index is 1120. The van der Waals surface area contributed by atoms with Crippen LogP contribution in [0.5, 0.6) is 0 Å². The van der Waals surface area contributed by atoms with Crippen LogP contribution in [-0.2, 0) is 16.1 Å². The number of imide groups is 1. The lowest BCUT2D eigenvalue weighted by molar-refractivity contribution is -0.123. The van der Waals surface area contributed by atoms with Gasteiger partial charge in [-0.1, -0.05) is 36.0 Å². The summed E-state index contributed by atoms with van der Waals surface area (Å²) < 4.78 is 10.1. The van der Waals surface area contributed by atoms with Gasteiger partial charge in [0, 0.05) is 9.79 Å². The molecule has 2 N–H and O–H groups in total. The van der Waals surface area contributed by atoms with Crippen molar-refractivity contribution in [2.24, 2.45) is 0 Å². The fourth-order valence-electron chi connectivity index (χ4n) is 2.49. The Morgan fingerprint density at radius 2 is 1.74 bits per heavy atom. The quantitative estimate of drug-likeness (QED) is 0.545. The summed E-state index contributed by atoms with van der Waals surface area (Å²) in [4.78, 5) is 37.4. The minimum absolute atomic E-state index is 0.112. The molecule has 0 saturated carbocycles. The summed E-state index contributed by atoms with van der Waals surface area (Å²) in [5.74, 6) is -0.963. The Morgan fingerprint density at radius 1 is 1.00 bits per heavy atom. The second-order valence-electron chi connectivity index (χ2n) is 6.09. The third kappa shape index (κ3) is 6.22. The summed E-state index contributed by atoms with van der Waals surface area (Å²) >= 11 is 1.25. The molecule has 1 heterocycles. The van der Waals surface area contributed by atoms with Gasteiger partial charge in [-0.15, -0.1) is 0 Å². The minimum Gasteiger partial charge on any atom is -0.467 e. The topological polar surface area (TPSA) is 121 Å². The van der Waals surface area contributed by atoms with Crippen molar-refractivity contribution in [1.82, 2.24) is 10.6 Å². The Balaban J connectivity index is 1.55. The number of nitrogens with one attached hydrogen (secondary N) is 2. The fourth-order valence-corrected chi connectivity index (χ4v) is 3.50. The number of hydrogen-bond acceptors (Lipinski definition) is 7. The van der Waals surface area contributed by atoms with Gasteiger partial charge in [-0.05, 0) is 36.4 Å². The second-order valence-corrected chi connectivity index (χ2v) is 7.18. The van der Waals surface area contributed by atoms with Crippen molar-refractivity contribution in [3.8, 4) is 6.07 Å². The summed E-state index contributed by atoms with van der Waals surface area (Å²) in [5, 5.41) is 13.8. The standard InChI is InChI=1S/C22H17N3O5S/c23-12-15-6-1-3-9-18(15)31-19-10-4-2-8-17(19)21(27)30-14-20(26)25-22(28)24-13-16-7-5-11-29-16/h1-11H,13-14H2,(H2,24,25,26,28). The number of esters is 1. The highest BCUT2D eigenvalue weighted by atomic mass is 32.2. The van der Waals surface area contributed by atoms with Crippen LogP contribution in [0.25, 0.3) is 0 Å². The van der Waals surface area contributed by atoms with Gasteiger partial charge in [-0.2, -0.15) is 5.26 Å². The number of benzene rings is 2. The first-order chi connectivity index (χ1) is 15.1. The highest BCUT2D eigenvalue weighted by molar-refractivity contribution is 7.99. The predicted molar refractivity (Wildman–Crippen MR) is 111 cm³/mol. The molecule has 0 unspecified atom stereocenters. The van der Waals surface area contributed by atoms with E-state index < -0.39 is 24.5 Å². The number of ether oxygens (including phenoxy) is 1. The van der Waals surface area contributed by atoms with Gasteiger partial charge in [0.15, 0.2) is 6.61 Å². The summed E-state index contributed by atoms with van der Waals surface area (Å²) in [6.07, 6.45) is 1.47. The molecule has 0 spiro atoms. The smallest absolute Gasteiger partial charge is 0.339 e. The highest BCUT2D eigenvalue weighted by Crippen LogP contribution is 2.32. The summed E-state index contributed by atoms with van der Waals surface area (Å²) in [5.41, 5.74) is 0.728. The van der Waals surface area contributed by atoms with E-state index in [4.69, 9.17) is 9.15 Å². The molecule has 1 aromatic heterocycles. The molecule has 3 amide bonds. The zero-order valence-electron chi connectivity index (χ0n) is 16.2. The van der Waals surface area contributed by atoms with E-state index in [0.717, 1.165) is 0 Å². The Morgan fingerprint density at radius 3 is 2.48 bits per heavy atom. The highest BCUT2D eigenvalue weighted by Gasteiger charge is 2.17. The third-order valence-electron chi connectivity index (χ3n) is 3.92. The molecule has 2 aromatic carbocycles. The first-order valence-electron chi connectivity index (χ1n) is 9.10. The number of urea groups is 1. The lowest BCUT2D eigenvalue weighted by Crippen LogP contribution is -2.41. The molecule has 31 heavy (non-hydrogen) atoms. The van der Waals surface area contributed by atoms with Crippen molar-refractivity contribution < 1.29 is 23.5 Å². The van der Waals surface area contributed by atoms with Crippen LogP contribution in [0.15, 0.2) is 81.1 Å². The summed E-state index contributed by atoms with van der Waals surface area (Å²) in [7, 11) is 0. The van der Waals surface area contributed by atoms with E-state index in [1.807, 2.05) is 0 Å². The van der Waals surface area contributed by atoms with Crippen LogP contribution >= 0.6 is 11.8 Å². The van der Waals surface area contributed by atoms with Crippen molar-refractivity contribution in [3.05, 3.63) is 83.8 Å². The normalized spacial score (nSPS) is 10.0. The van der Waals surface area contributed by atoms with Crippen LogP contribution in [0.3, 0.4) is 0 Å². The van der Waals surface area contributed by atoms with Gasteiger partial charge in [-0.25, -0.2) is 9.59 Å². The Hall–Kier alpha value is -4.03. The maximum absolute atomic E-state index is 12.5. The summed E-state index contributed by atoms with van der Waals surface area (Å²) in [6, 6.07) is 18.4. The van der Waals surface area contributed by atoms with Gasteiger partial charge in [0.2, 0.25) is 0 Å². The average molecular weight is 435 g/mol. The van der Waals surface area contributed by atoms with E-state index in [0.29, 0.717) is 21.1 Å². The first-order valence-corrected chi connectivity index (χ1v) is 9.91. The minimum atomic E-state index is -0.773. The van der Waals surface area contributed by atoms with E-state index in [1.165, 1.54) is 18.0 Å². The van der Waals surface area contributed by atoms with E-state index in [-0.39, 0.29) is 12.1 Å². The van der Waals surface area contributed by atoms with Crippen LogP contribution in [0, 0.1) is 11.3 Å². The zero-order chi connectivity index (χ0) is 22.1. The van der Waals surface area contributed by atoms with Crippen LogP contribution < -0.4 is 10.6 Å². The van der Waals surface area contributed by atoms with Crippen LogP contribution in [0.1, 0.15) is 21.7 Å². The number of nitrogens with zero attached hydrogens (tertiary/aromatic N) is 1. The average Bonchev–Trinajstić information content (AvgIpc) is 3.30. The number of rotatable bonds is 7. The van der Waals surface area contributed by atoms with Gasteiger partial charge in [0.05, 0.1) is 23.9 Å². The largest absolute Gasteiger partial charge is 0.467 e. The molecule has 0 aliphatic carbocycles. The van der Waals surface area contributed by atoms with E-state index in [2.05, 4.69) is 16.7 Å². The van der Waals surface area contributed by atoms with Gasteiger partial charge >= 0.3 is 12.0 Å². The van der Waals surface area contributed by atoms with E-state index in [9.17, 15) is 19.6 Å². The van der Waals surface area contributed by atoms with E-state index in [1.54, 1.807) is 60.7 Å². The third-order valence-corrected chi connectivity index (χ3v) is 5.08. The zero-order valence-corrected chi connectivity index (χ0v) is 17.0. The molecule has 3 rings (SSSR count). The first kappa shape index (κ1) is 21.7. The van der Waals surface area contributed by atoms with Crippen molar-refractivity contribution in [2.75, 3.05) is 6.61 Å². The lowest BCUT2D eigenvalue weighted by atomic mass is 10.2. The Kier molecular flexibility index (Phi) is 7.45. The van der Waals surface area contributed by atoms with Crippen molar-refractivity contribution >= 4 is 29.7 Å². The van der Waals surface area contributed by atoms with Crippen molar-refractivity contribution in [2.45, 2.75) is 16.3 Å². The monoisotopic (exact) mass is 435 g/mol. The molecule has 0 aliphatic heterocycles.